The van der Waals surface area contributed by atoms with Crippen LogP contribution in [-0.2, 0) is 19.3 Å². The molecular weight excluding hydrogens is 471 g/mol. The van der Waals surface area contributed by atoms with Gasteiger partial charge in [0.15, 0.2) is 5.65 Å². The average molecular weight is 490 g/mol. The van der Waals surface area contributed by atoms with Crippen LogP contribution in [0, 0.1) is 5.41 Å². The Kier molecular flexibility index (Phi) is 5.06. The minimum absolute atomic E-state index is 0.115. The highest BCUT2D eigenvalue weighted by molar-refractivity contribution is 7.15. The van der Waals surface area contributed by atoms with Crippen LogP contribution in [0.3, 0.4) is 0 Å². The highest BCUT2D eigenvalue weighted by Crippen LogP contribution is 2.44. The first-order valence-corrected chi connectivity index (χ1v) is 11.1. The van der Waals surface area contributed by atoms with Crippen LogP contribution in [0.2, 0.25) is 0 Å². The van der Waals surface area contributed by atoms with Crippen LogP contribution in [-0.4, -0.2) is 62.1 Å². The Morgan fingerprint density at radius 1 is 1.18 bits per heavy atom. The average Bonchev–Trinajstić information content (AvgIpc) is 3.44. The molecule has 5 rings (SSSR count). The maximum Gasteiger partial charge on any atom is 0.445 e. The molecule has 0 atom stereocenters. The molecule has 33 heavy (non-hydrogen) atoms. The zero-order chi connectivity index (χ0) is 23.5. The van der Waals surface area contributed by atoms with Crippen molar-refractivity contribution in [2.75, 3.05) is 36.0 Å². The van der Waals surface area contributed by atoms with Crippen LogP contribution >= 0.6 is 11.3 Å². The summed E-state index contributed by atoms with van der Waals surface area (Å²) in [4.78, 5) is 21.2. The molecular formula is C18H19F5N8OS. The van der Waals surface area contributed by atoms with E-state index < -0.39 is 24.2 Å². The molecule has 0 radical (unpaired) electrons. The number of rotatable bonds is 5. The van der Waals surface area contributed by atoms with Gasteiger partial charge in [-0.2, -0.15) is 23.3 Å². The number of alkyl halides is 5. The maximum absolute atomic E-state index is 12.9. The minimum Gasteiger partial charge on any atom is -0.345 e. The van der Waals surface area contributed by atoms with Crippen molar-refractivity contribution in [2.24, 2.45) is 5.41 Å². The lowest BCUT2D eigenvalue weighted by atomic mass is 9.79. The van der Waals surface area contributed by atoms with Gasteiger partial charge in [-0.15, -0.1) is 10.2 Å². The summed E-state index contributed by atoms with van der Waals surface area (Å²) in [5, 5.41) is 10.2. The van der Waals surface area contributed by atoms with Crippen LogP contribution in [0.5, 0.6) is 0 Å². The van der Waals surface area contributed by atoms with Crippen LogP contribution in [0.15, 0.2) is 11.0 Å². The van der Waals surface area contributed by atoms with E-state index in [1.54, 1.807) is 11.8 Å². The quantitative estimate of drug-likeness (QED) is 0.508. The van der Waals surface area contributed by atoms with Crippen molar-refractivity contribution in [1.29, 1.82) is 0 Å². The van der Waals surface area contributed by atoms with Gasteiger partial charge in [-0.3, -0.25) is 9.36 Å². The van der Waals surface area contributed by atoms with Gasteiger partial charge in [0.25, 0.3) is 12.0 Å². The van der Waals surface area contributed by atoms with E-state index in [2.05, 4.69) is 20.3 Å². The third kappa shape index (κ3) is 3.71. The summed E-state index contributed by atoms with van der Waals surface area (Å²) in [6.45, 7) is 3.63. The first-order chi connectivity index (χ1) is 15.6. The monoisotopic (exact) mass is 490 g/mol. The number of halogens is 5. The molecule has 2 aliphatic heterocycles. The molecule has 2 saturated heterocycles. The van der Waals surface area contributed by atoms with Gasteiger partial charge in [0.05, 0.1) is 6.20 Å². The van der Waals surface area contributed by atoms with Gasteiger partial charge in [0, 0.05) is 38.1 Å². The topological polar surface area (TPSA) is 85.0 Å². The molecule has 15 heteroatoms. The second-order valence-corrected chi connectivity index (χ2v) is 9.29. The predicted molar refractivity (Wildman–Crippen MR) is 110 cm³/mol. The number of aromatic nitrogens is 6. The zero-order valence-corrected chi connectivity index (χ0v) is 18.2. The van der Waals surface area contributed by atoms with Crippen molar-refractivity contribution >= 4 is 33.5 Å². The SMILES string of the molecule is CCn1c(N2CCC3(CN(c4nnc(C(F)(F)F)s4)C3)C2)nc2c(cnn2CC(F)F)c1=O. The van der Waals surface area contributed by atoms with Crippen LogP contribution in [0.1, 0.15) is 18.4 Å². The van der Waals surface area contributed by atoms with E-state index in [0.717, 1.165) is 11.1 Å². The van der Waals surface area contributed by atoms with Crippen molar-refractivity contribution < 1.29 is 22.0 Å². The van der Waals surface area contributed by atoms with E-state index in [4.69, 9.17) is 0 Å². The smallest absolute Gasteiger partial charge is 0.345 e. The highest BCUT2D eigenvalue weighted by atomic mass is 32.1. The number of nitrogens with zero attached hydrogens (tertiary/aromatic N) is 8. The Morgan fingerprint density at radius 2 is 1.91 bits per heavy atom. The van der Waals surface area contributed by atoms with E-state index in [1.165, 1.54) is 10.8 Å². The van der Waals surface area contributed by atoms with Gasteiger partial charge in [-0.05, 0) is 13.3 Å². The lowest BCUT2D eigenvalue weighted by Crippen LogP contribution is -2.58. The maximum atomic E-state index is 12.9. The van der Waals surface area contributed by atoms with Gasteiger partial charge in [0.2, 0.25) is 16.1 Å². The predicted octanol–water partition coefficient (Wildman–Crippen LogP) is 2.47. The fraction of sp³-hybridized carbons (Fsp3) is 0.611. The molecule has 5 heterocycles. The molecule has 0 unspecified atom stereocenters. The molecule has 0 aromatic carbocycles. The Labute approximate surface area is 187 Å². The van der Waals surface area contributed by atoms with E-state index in [1.807, 2.05) is 4.90 Å². The highest BCUT2D eigenvalue weighted by Gasteiger charge is 2.50. The molecule has 9 nitrogen and oxygen atoms in total. The summed E-state index contributed by atoms with van der Waals surface area (Å²) in [5.74, 6) is 0.386. The molecule has 178 valence electrons. The number of hydrogen-bond acceptors (Lipinski definition) is 8. The second-order valence-electron chi connectivity index (χ2n) is 8.33. The summed E-state index contributed by atoms with van der Waals surface area (Å²) >= 11 is 0.516. The zero-order valence-electron chi connectivity index (χ0n) is 17.4. The largest absolute Gasteiger partial charge is 0.445 e. The third-order valence-corrected chi connectivity index (χ3v) is 7.09. The van der Waals surface area contributed by atoms with Gasteiger partial charge in [-0.25, -0.2) is 13.5 Å². The third-order valence-electron chi connectivity index (χ3n) is 6.06. The Balaban J connectivity index is 1.38. The molecule has 1 spiro atoms. The van der Waals surface area contributed by atoms with Crippen molar-refractivity contribution in [3.05, 3.63) is 21.6 Å². The fourth-order valence-corrected chi connectivity index (χ4v) is 5.26. The first kappa shape index (κ1) is 22.0. The number of hydrogen-bond donors (Lipinski definition) is 0. The summed E-state index contributed by atoms with van der Waals surface area (Å²) in [6.07, 6.45) is -5.15. The van der Waals surface area contributed by atoms with E-state index in [-0.39, 0.29) is 27.1 Å². The molecule has 3 aromatic rings. The lowest BCUT2D eigenvalue weighted by molar-refractivity contribution is -0.138. The van der Waals surface area contributed by atoms with Crippen LogP contribution in [0.4, 0.5) is 33.0 Å². The van der Waals surface area contributed by atoms with E-state index in [0.29, 0.717) is 50.0 Å². The summed E-state index contributed by atoms with van der Waals surface area (Å²) in [7, 11) is 0. The Morgan fingerprint density at radius 3 is 2.55 bits per heavy atom. The molecule has 2 aliphatic rings. The van der Waals surface area contributed by atoms with Gasteiger partial charge in [0.1, 0.15) is 11.9 Å². The Hall–Kier alpha value is -2.84. The molecule has 0 saturated carbocycles. The van der Waals surface area contributed by atoms with E-state index in [9.17, 15) is 26.7 Å². The molecule has 0 amide bonds. The van der Waals surface area contributed by atoms with Crippen LogP contribution < -0.4 is 15.4 Å². The molecule has 0 bridgehead atoms. The summed E-state index contributed by atoms with van der Waals surface area (Å²) < 4.78 is 66.8. The van der Waals surface area contributed by atoms with Crippen molar-refractivity contribution in [3.63, 3.8) is 0 Å². The summed E-state index contributed by atoms with van der Waals surface area (Å²) in [5.41, 5.74) is -0.411. The van der Waals surface area contributed by atoms with E-state index >= 15 is 0 Å². The fourth-order valence-electron chi connectivity index (χ4n) is 4.55. The summed E-state index contributed by atoms with van der Waals surface area (Å²) in [6, 6.07) is 0. The molecule has 0 N–H and O–H groups in total. The van der Waals surface area contributed by atoms with Crippen LogP contribution in [0.25, 0.3) is 11.0 Å². The van der Waals surface area contributed by atoms with Gasteiger partial charge < -0.3 is 9.80 Å². The normalized spacial score (nSPS) is 18.2. The molecule has 3 aromatic heterocycles. The molecule has 2 fully saturated rings. The van der Waals surface area contributed by atoms with Crippen molar-refractivity contribution in [3.8, 4) is 0 Å². The first-order valence-electron chi connectivity index (χ1n) is 10.3. The van der Waals surface area contributed by atoms with Gasteiger partial charge in [-0.1, -0.05) is 11.3 Å². The van der Waals surface area contributed by atoms with Gasteiger partial charge >= 0.3 is 6.18 Å². The van der Waals surface area contributed by atoms with Crippen molar-refractivity contribution in [2.45, 2.75) is 39.0 Å². The second kappa shape index (κ2) is 7.60. The van der Waals surface area contributed by atoms with Crippen molar-refractivity contribution in [1.82, 2.24) is 29.5 Å². The number of anilines is 2. The minimum atomic E-state index is -4.52. The Bertz CT molecular complexity index is 1240. The molecule has 0 aliphatic carbocycles. The lowest BCUT2D eigenvalue weighted by Gasteiger charge is -2.47. The standard InChI is InChI=1S/C18H19F5N8OS/c1-2-30-13(32)10-5-24-31(6-11(19)20)12(10)25-15(30)28-4-3-17(7-28)8-29(9-17)16-27-26-14(33-16)18(21,22)23/h5,11H,2-4,6-9H2,1H3. The number of fused-ring (bicyclic) bond motifs is 1.